The number of hydrogen-bond acceptors (Lipinski definition) is 4. The Labute approximate surface area is 198 Å². The fraction of sp³-hybridized carbons (Fsp3) is 0.296. The zero-order chi connectivity index (χ0) is 23.6. The van der Waals surface area contributed by atoms with Crippen molar-refractivity contribution in [2.45, 2.75) is 40.0 Å². The molecule has 1 atom stereocenters. The van der Waals surface area contributed by atoms with E-state index in [1.54, 1.807) is 41.8 Å². The minimum absolute atomic E-state index is 0.138. The molecule has 0 aliphatic heterocycles. The lowest BCUT2D eigenvalue weighted by Gasteiger charge is -2.33. The van der Waals surface area contributed by atoms with Crippen molar-refractivity contribution >= 4 is 40.1 Å². The number of benzene rings is 2. The highest BCUT2D eigenvalue weighted by Gasteiger charge is 2.33. The van der Waals surface area contributed by atoms with E-state index < -0.39 is 5.97 Å². The number of aliphatic imine (C=N–C) groups is 1. The van der Waals surface area contributed by atoms with Gasteiger partial charge in [0.25, 0.3) is 5.91 Å². The number of aromatic carboxylic acids is 1. The van der Waals surface area contributed by atoms with Crippen LogP contribution in [0.4, 0.5) is 10.7 Å². The number of carboxylic acid groups (broad SMARTS) is 1. The molecule has 0 saturated heterocycles. The van der Waals surface area contributed by atoms with Crippen molar-refractivity contribution < 1.29 is 14.7 Å². The summed E-state index contributed by atoms with van der Waals surface area (Å²) in [7, 11) is 0. The zero-order valence-electron chi connectivity index (χ0n) is 19.1. The number of thiophene rings is 1. The fourth-order valence-electron chi connectivity index (χ4n) is 4.20. The van der Waals surface area contributed by atoms with Gasteiger partial charge < -0.3 is 10.4 Å². The van der Waals surface area contributed by atoms with Gasteiger partial charge in [0.2, 0.25) is 0 Å². The molecule has 0 saturated carbocycles. The van der Waals surface area contributed by atoms with Crippen LogP contribution in [0.5, 0.6) is 0 Å². The number of amides is 1. The van der Waals surface area contributed by atoms with Gasteiger partial charge in [-0.15, -0.1) is 11.3 Å². The summed E-state index contributed by atoms with van der Waals surface area (Å²) < 4.78 is 0. The SMILES string of the molecule is CC(C)(C)[C@H]1CCc2c(sc(N=Cc3ccc(C(=O)O)cc3)c2C(=O)Nc2ccccc2)C1. The molecule has 0 spiro atoms. The molecule has 0 radical (unpaired) electrons. The second kappa shape index (κ2) is 9.32. The van der Waals surface area contributed by atoms with Gasteiger partial charge in [-0.2, -0.15) is 0 Å². The lowest BCUT2D eigenvalue weighted by molar-refractivity contribution is 0.0696. The van der Waals surface area contributed by atoms with E-state index in [0.29, 0.717) is 16.5 Å². The van der Waals surface area contributed by atoms with Gasteiger partial charge in [0, 0.05) is 16.8 Å². The highest BCUT2D eigenvalue weighted by atomic mass is 32.1. The van der Waals surface area contributed by atoms with Gasteiger partial charge in [-0.05, 0) is 66.0 Å². The number of hydrogen-bond donors (Lipinski definition) is 2. The van der Waals surface area contributed by atoms with Gasteiger partial charge in [-0.3, -0.25) is 4.79 Å². The van der Waals surface area contributed by atoms with Gasteiger partial charge in [0.05, 0.1) is 11.1 Å². The normalized spacial score (nSPS) is 15.9. The van der Waals surface area contributed by atoms with E-state index in [4.69, 9.17) is 10.1 Å². The van der Waals surface area contributed by atoms with E-state index in [9.17, 15) is 9.59 Å². The molecule has 0 fully saturated rings. The molecule has 5 nitrogen and oxygen atoms in total. The third-order valence-electron chi connectivity index (χ3n) is 6.22. The summed E-state index contributed by atoms with van der Waals surface area (Å²) in [5.41, 5.74) is 3.75. The first kappa shape index (κ1) is 22.9. The number of para-hydroxylation sites is 1. The molecule has 6 heteroatoms. The van der Waals surface area contributed by atoms with E-state index in [1.165, 1.54) is 4.88 Å². The first-order valence-electron chi connectivity index (χ1n) is 11.1. The van der Waals surface area contributed by atoms with Crippen LogP contribution in [0.1, 0.15) is 63.9 Å². The summed E-state index contributed by atoms with van der Waals surface area (Å²) in [6, 6.07) is 16.0. The van der Waals surface area contributed by atoms with Crippen molar-refractivity contribution in [3.05, 3.63) is 81.7 Å². The molecule has 1 amide bonds. The Morgan fingerprint density at radius 1 is 1.09 bits per heavy atom. The Kier molecular flexibility index (Phi) is 6.47. The average Bonchev–Trinajstić information content (AvgIpc) is 3.16. The van der Waals surface area contributed by atoms with Crippen molar-refractivity contribution in [3.63, 3.8) is 0 Å². The smallest absolute Gasteiger partial charge is 0.335 e. The predicted octanol–water partition coefficient (Wildman–Crippen LogP) is 6.60. The lowest BCUT2D eigenvalue weighted by Crippen LogP contribution is -2.27. The maximum atomic E-state index is 13.3. The number of anilines is 1. The molecule has 170 valence electrons. The van der Waals surface area contributed by atoms with Crippen LogP contribution in [0.3, 0.4) is 0 Å². The quantitative estimate of drug-likeness (QED) is 0.421. The van der Waals surface area contributed by atoms with Crippen molar-refractivity contribution in [1.82, 2.24) is 0 Å². The molecular formula is C27H28N2O3S. The third-order valence-corrected chi connectivity index (χ3v) is 7.38. The van der Waals surface area contributed by atoms with Crippen molar-refractivity contribution in [2.24, 2.45) is 16.3 Å². The molecule has 1 aliphatic carbocycles. The Hall–Kier alpha value is -3.25. The van der Waals surface area contributed by atoms with Crippen molar-refractivity contribution in [3.8, 4) is 0 Å². The Bertz CT molecular complexity index is 1190. The summed E-state index contributed by atoms with van der Waals surface area (Å²) in [5.74, 6) is -0.534. The molecule has 33 heavy (non-hydrogen) atoms. The standard InChI is InChI=1S/C27H28N2O3S/c1-27(2,3)19-13-14-21-22(15-19)33-25(23(21)24(30)29-20-7-5-4-6-8-20)28-16-17-9-11-18(12-10-17)26(31)32/h4-12,16,19H,13-15H2,1-3H3,(H,29,30)(H,31,32)/t19-/m0/s1. The number of carboxylic acids is 1. The van der Waals surface area contributed by atoms with Crippen LogP contribution in [-0.2, 0) is 12.8 Å². The molecule has 3 aromatic rings. The van der Waals surface area contributed by atoms with Crippen LogP contribution >= 0.6 is 11.3 Å². The van der Waals surface area contributed by atoms with Crippen molar-refractivity contribution in [2.75, 3.05) is 5.32 Å². The summed E-state index contributed by atoms with van der Waals surface area (Å²) in [5, 5.41) is 12.8. The molecule has 2 N–H and O–H groups in total. The number of carbonyl (C=O) groups excluding carboxylic acids is 1. The number of nitrogens with one attached hydrogen (secondary N) is 1. The van der Waals surface area contributed by atoms with Crippen LogP contribution in [0.25, 0.3) is 0 Å². The van der Waals surface area contributed by atoms with Gasteiger partial charge >= 0.3 is 5.97 Å². The molecule has 4 rings (SSSR count). The van der Waals surface area contributed by atoms with Crippen LogP contribution in [0.15, 0.2) is 59.6 Å². The topological polar surface area (TPSA) is 78.8 Å². The maximum absolute atomic E-state index is 13.3. The molecular weight excluding hydrogens is 432 g/mol. The van der Waals surface area contributed by atoms with Gasteiger partial charge in [0.1, 0.15) is 5.00 Å². The summed E-state index contributed by atoms with van der Waals surface area (Å²) in [6.45, 7) is 6.83. The fourth-order valence-corrected chi connectivity index (χ4v) is 5.46. The van der Waals surface area contributed by atoms with E-state index in [0.717, 1.165) is 36.1 Å². The molecule has 1 aliphatic rings. The Morgan fingerprint density at radius 2 is 1.79 bits per heavy atom. The average molecular weight is 461 g/mol. The minimum atomic E-state index is -0.960. The highest BCUT2D eigenvalue weighted by Crippen LogP contribution is 2.45. The number of nitrogens with zero attached hydrogens (tertiary/aromatic N) is 1. The first-order chi connectivity index (χ1) is 15.7. The number of fused-ring (bicyclic) bond motifs is 1. The van der Waals surface area contributed by atoms with E-state index in [-0.39, 0.29) is 16.9 Å². The first-order valence-corrected chi connectivity index (χ1v) is 11.9. The Balaban J connectivity index is 1.68. The molecule has 0 bridgehead atoms. The van der Waals surface area contributed by atoms with Crippen LogP contribution in [0.2, 0.25) is 0 Å². The number of rotatable bonds is 5. The van der Waals surface area contributed by atoms with E-state index in [1.807, 2.05) is 30.3 Å². The predicted molar refractivity (Wildman–Crippen MR) is 134 cm³/mol. The van der Waals surface area contributed by atoms with Gasteiger partial charge in [-0.25, -0.2) is 9.79 Å². The molecule has 2 aromatic carbocycles. The Morgan fingerprint density at radius 3 is 2.42 bits per heavy atom. The van der Waals surface area contributed by atoms with Gasteiger partial charge in [-0.1, -0.05) is 51.1 Å². The van der Waals surface area contributed by atoms with Crippen LogP contribution in [0, 0.1) is 11.3 Å². The minimum Gasteiger partial charge on any atom is -0.478 e. The van der Waals surface area contributed by atoms with E-state index in [2.05, 4.69) is 26.1 Å². The van der Waals surface area contributed by atoms with Crippen LogP contribution in [-0.4, -0.2) is 23.2 Å². The monoisotopic (exact) mass is 460 g/mol. The zero-order valence-corrected chi connectivity index (χ0v) is 19.9. The second-order valence-electron chi connectivity index (χ2n) is 9.50. The van der Waals surface area contributed by atoms with Crippen LogP contribution < -0.4 is 5.32 Å². The van der Waals surface area contributed by atoms with Crippen molar-refractivity contribution in [1.29, 1.82) is 0 Å². The van der Waals surface area contributed by atoms with E-state index >= 15 is 0 Å². The summed E-state index contributed by atoms with van der Waals surface area (Å²) >= 11 is 1.60. The van der Waals surface area contributed by atoms with Gasteiger partial charge in [0.15, 0.2) is 0 Å². The maximum Gasteiger partial charge on any atom is 0.335 e. The summed E-state index contributed by atoms with van der Waals surface area (Å²) in [4.78, 5) is 30.4. The second-order valence-corrected chi connectivity index (χ2v) is 10.6. The third kappa shape index (κ3) is 5.22. The lowest BCUT2D eigenvalue weighted by atomic mass is 9.72. The molecule has 1 heterocycles. The molecule has 1 aromatic heterocycles. The number of carbonyl (C=O) groups is 2. The molecule has 0 unspecified atom stereocenters. The largest absolute Gasteiger partial charge is 0.478 e. The summed E-state index contributed by atoms with van der Waals surface area (Å²) in [6.07, 6.45) is 4.58. The highest BCUT2D eigenvalue weighted by molar-refractivity contribution is 7.16.